The monoisotopic (exact) mass is 234 g/mol. The molecule has 1 aromatic carbocycles. The van der Waals surface area contributed by atoms with E-state index in [2.05, 4.69) is 10.6 Å². The molecule has 0 aromatic heterocycles. The van der Waals surface area contributed by atoms with Crippen LogP contribution in [0.3, 0.4) is 0 Å². The van der Waals surface area contributed by atoms with Crippen LogP contribution in [0.15, 0.2) is 36.5 Å². The van der Waals surface area contributed by atoms with Crippen molar-refractivity contribution in [1.82, 2.24) is 10.6 Å². The van der Waals surface area contributed by atoms with Crippen LogP contribution in [0.1, 0.15) is 12.5 Å². The molecule has 0 saturated carbocycles. The lowest BCUT2D eigenvalue weighted by molar-refractivity contribution is -0.138. The highest BCUT2D eigenvalue weighted by Gasteiger charge is 2.12. The van der Waals surface area contributed by atoms with Gasteiger partial charge in [0.2, 0.25) is 0 Å². The van der Waals surface area contributed by atoms with Crippen molar-refractivity contribution in [2.24, 2.45) is 0 Å². The molecule has 5 heteroatoms. The van der Waals surface area contributed by atoms with Gasteiger partial charge in [-0.3, -0.25) is 4.79 Å². The van der Waals surface area contributed by atoms with Crippen molar-refractivity contribution in [3.05, 3.63) is 42.1 Å². The Labute approximate surface area is 99.1 Å². The quantitative estimate of drug-likeness (QED) is 0.737. The van der Waals surface area contributed by atoms with E-state index < -0.39 is 18.0 Å². The van der Waals surface area contributed by atoms with Crippen molar-refractivity contribution in [1.29, 1.82) is 0 Å². The lowest BCUT2D eigenvalue weighted by atomic mass is 10.2. The molecule has 17 heavy (non-hydrogen) atoms. The Kier molecular flexibility index (Phi) is 4.75. The van der Waals surface area contributed by atoms with E-state index in [4.69, 9.17) is 5.11 Å². The maximum atomic E-state index is 11.2. The standard InChI is InChI=1S/C12H14N2O3/c1-9(11(15)16)14-12(17)13-8-7-10-5-3-2-4-6-10/h2-9H,1H3,(H,15,16)(H2,13,14,17)/b8-7+. The van der Waals surface area contributed by atoms with Gasteiger partial charge in [-0.2, -0.15) is 0 Å². The van der Waals surface area contributed by atoms with Crippen molar-refractivity contribution in [2.75, 3.05) is 0 Å². The Hall–Kier alpha value is -2.30. The molecule has 1 aromatic rings. The lowest BCUT2D eigenvalue weighted by Gasteiger charge is -2.07. The van der Waals surface area contributed by atoms with Crippen molar-refractivity contribution in [3.8, 4) is 0 Å². The van der Waals surface area contributed by atoms with Gasteiger partial charge in [-0.25, -0.2) is 4.79 Å². The van der Waals surface area contributed by atoms with E-state index in [1.54, 1.807) is 6.08 Å². The molecule has 0 radical (unpaired) electrons. The van der Waals surface area contributed by atoms with Gasteiger partial charge in [0, 0.05) is 6.20 Å². The molecular weight excluding hydrogens is 220 g/mol. The SMILES string of the molecule is CC(NC(=O)N/C=C/c1ccccc1)C(=O)O. The summed E-state index contributed by atoms with van der Waals surface area (Å²) in [5.74, 6) is -1.08. The van der Waals surface area contributed by atoms with Gasteiger partial charge in [0.25, 0.3) is 0 Å². The lowest BCUT2D eigenvalue weighted by Crippen LogP contribution is -2.42. The maximum Gasteiger partial charge on any atom is 0.325 e. The van der Waals surface area contributed by atoms with Gasteiger partial charge < -0.3 is 15.7 Å². The van der Waals surface area contributed by atoms with Gasteiger partial charge in [0.1, 0.15) is 6.04 Å². The average molecular weight is 234 g/mol. The molecular formula is C12H14N2O3. The fourth-order valence-electron chi connectivity index (χ4n) is 1.08. The van der Waals surface area contributed by atoms with E-state index >= 15 is 0 Å². The number of hydrogen-bond donors (Lipinski definition) is 3. The summed E-state index contributed by atoms with van der Waals surface area (Å²) in [7, 11) is 0. The third-order valence-electron chi connectivity index (χ3n) is 2.01. The molecule has 0 heterocycles. The number of amides is 2. The predicted octanol–water partition coefficient (Wildman–Crippen LogP) is 1.43. The average Bonchev–Trinajstić information content (AvgIpc) is 2.30. The first-order valence-corrected chi connectivity index (χ1v) is 5.11. The van der Waals surface area contributed by atoms with Crippen LogP contribution < -0.4 is 10.6 Å². The molecule has 0 aliphatic heterocycles. The van der Waals surface area contributed by atoms with E-state index in [1.165, 1.54) is 13.1 Å². The largest absolute Gasteiger partial charge is 0.480 e. The molecule has 90 valence electrons. The Balaban J connectivity index is 2.38. The van der Waals surface area contributed by atoms with Crippen LogP contribution in [0.4, 0.5) is 4.79 Å². The van der Waals surface area contributed by atoms with Gasteiger partial charge >= 0.3 is 12.0 Å². The van der Waals surface area contributed by atoms with Crippen LogP contribution in [0.25, 0.3) is 6.08 Å². The van der Waals surface area contributed by atoms with Crippen LogP contribution in [0.2, 0.25) is 0 Å². The smallest absolute Gasteiger partial charge is 0.325 e. The number of aliphatic carboxylic acids is 1. The topological polar surface area (TPSA) is 78.4 Å². The normalized spacial score (nSPS) is 12.1. The molecule has 3 N–H and O–H groups in total. The van der Waals surface area contributed by atoms with Gasteiger partial charge in [0.15, 0.2) is 0 Å². The number of nitrogens with one attached hydrogen (secondary N) is 2. The van der Waals surface area contributed by atoms with Crippen molar-refractivity contribution < 1.29 is 14.7 Å². The van der Waals surface area contributed by atoms with E-state index in [1.807, 2.05) is 30.3 Å². The summed E-state index contributed by atoms with van der Waals surface area (Å²) in [6.45, 7) is 1.39. The highest BCUT2D eigenvalue weighted by Crippen LogP contribution is 1.99. The number of rotatable bonds is 4. The van der Waals surface area contributed by atoms with Crippen LogP contribution in [-0.2, 0) is 4.79 Å². The molecule has 0 bridgehead atoms. The first-order valence-electron chi connectivity index (χ1n) is 5.11. The van der Waals surface area contributed by atoms with E-state index in [0.717, 1.165) is 5.56 Å². The third-order valence-corrected chi connectivity index (χ3v) is 2.01. The zero-order chi connectivity index (χ0) is 12.7. The highest BCUT2D eigenvalue weighted by molar-refractivity contribution is 5.82. The fraction of sp³-hybridized carbons (Fsp3) is 0.167. The second kappa shape index (κ2) is 6.32. The molecule has 0 saturated heterocycles. The zero-order valence-corrected chi connectivity index (χ0v) is 9.38. The van der Waals surface area contributed by atoms with Gasteiger partial charge in [-0.15, -0.1) is 0 Å². The summed E-state index contributed by atoms with van der Waals surface area (Å²) < 4.78 is 0. The second-order valence-corrected chi connectivity index (χ2v) is 3.42. The van der Waals surface area contributed by atoms with Crippen LogP contribution >= 0.6 is 0 Å². The molecule has 2 amide bonds. The Morgan fingerprint density at radius 2 is 1.94 bits per heavy atom. The summed E-state index contributed by atoms with van der Waals surface area (Å²) in [4.78, 5) is 21.7. The van der Waals surface area contributed by atoms with E-state index in [0.29, 0.717) is 0 Å². The summed E-state index contributed by atoms with van der Waals surface area (Å²) in [6.07, 6.45) is 3.17. The van der Waals surface area contributed by atoms with Crippen molar-refractivity contribution >= 4 is 18.1 Å². The Morgan fingerprint density at radius 3 is 2.53 bits per heavy atom. The fourth-order valence-corrected chi connectivity index (χ4v) is 1.08. The van der Waals surface area contributed by atoms with Crippen LogP contribution in [0.5, 0.6) is 0 Å². The predicted molar refractivity (Wildman–Crippen MR) is 64.2 cm³/mol. The molecule has 1 rings (SSSR count). The molecule has 0 spiro atoms. The highest BCUT2D eigenvalue weighted by atomic mass is 16.4. The molecule has 0 aliphatic carbocycles. The van der Waals surface area contributed by atoms with Crippen LogP contribution in [0, 0.1) is 0 Å². The van der Waals surface area contributed by atoms with Gasteiger partial charge in [0.05, 0.1) is 0 Å². The minimum absolute atomic E-state index is 0.549. The molecule has 1 atom stereocenters. The van der Waals surface area contributed by atoms with Crippen molar-refractivity contribution in [3.63, 3.8) is 0 Å². The summed E-state index contributed by atoms with van der Waals surface area (Å²) >= 11 is 0. The van der Waals surface area contributed by atoms with E-state index in [9.17, 15) is 9.59 Å². The number of urea groups is 1. The number of carbonyl (C=O) groups is 2. The minimum atomic E-state index is -1.08. The Bertz CT molecular complexity index is 415. The first kappa shape index (κ1) is 12.8. The third kappa shape index (κ3) is 4.83. The number of carbonyl (C=O) groups excluding carboxylic acids is 1. The summed E-state index contributed by atoms with van der Waals surface area (Å²) in [5.41, 5.74) is 0.944. The number of hydrogen-bond acceptors (Lipinski definition) is 2. The summed E-state index contributed by atoms with van der Waals surface area (Å²) in [5, 5.41) is 13.3. The molecule has 1 unspecified atom stereocenters. The number of benzene rings is 1. The maximum absolute atomic E-state index is 11.2. The Morgan fingerprint density at radius 1 is 1.29 bits per heavy atom. The second-order valence-electron chi connectivity index (χ2n) is 3.42. The van der Waals surface area contributed by atoms with Crippen molar-refractivity contribution in [2.45, 2.75) is 13.0 Å². The number of carboxylic acids is 1. The summed E-state index contributed by atoms with van der Waals surface area (Å²) in [6, 6.07) is 7.96. The molecule has 5 nitrogen and oxygen atoms in total. The van der Waals surface area contributed by atoms with Gasteiger partial charge in [-0.1, -0.05) is 30.3 Å². The van der Waals surface area contributed by atoms with Crippen LogP contribution in [-0.4, -0.2) is 23.1 Å². The molecule has 0 fully saturated rings. The first-order chi connectivity index (χ1) is 8.09. The molecule has 0 aliphatic rings. The minimum Gasteiger partial charge on any atom is -0.480 e. The van der Waals surface area contributed by atoms with Gasteiger partial charge in [-0.05, 0) is 18.6 Å². The van der Waals surface area contributed by atoms with E-state index in [-0.39, 0.29) is 0 Å². The number of carboxylic acid groups (broad SMARTS) is 1. The zero-order valence-electron chi connectivity index (χ0n) is 9.38.